The van der Waals surface area contributed by atoms with Crippen LogP contribution in [0, 0.1) is 11.8 Å². The first kappa shape index (κ1) is 16.9. The number of esters is 2. The van der Waals surface area contributed by atoms with E-state index in [2.05, 4.69) is 4.99 Å². The summed E-state index contributed by atoms with van der Waals surface area (Å²) < 4.78 is 9.77. The number of ether oxygens (including phenoxy) is 2. The van der Waals surface area contributed by atoms with Gasteiger partial charge in [0.1, 0.15) is 11.8 Å². The first-order valence-corrected chi connectivity index (χ1v) is 6.67. The molecule has 0 fully saturated rings. The first-order valence-electron chi connectivity index (χ1n) is 6.67. The third-order valence-electron chi connectivity index (χ3n) is 3.13. The van der Waals surface area contributed by atoms with E-state index < -0.39 is 29.7 Å². The van der Waals surface area contributed by atoms with E-state index >= 15 is 0 Å². The summed E-state index contributed by atoms with van der Waals surface area (Å²) in [5.74, 6) is -5.23. The number of nitrogens with zero attached hydrogens (tertiary/aromatic N) is 1. The highest BCUT2D eigenvalue weighted by molar-refractivity contribution is 6.10. The monoisotopic (exact) mass is 297 g/mol. The molecule has 0 aromatic carbocycles. The van der Waals surface area contributed by atoms with Gasteiger partial charge in [-0.3, -0.25) is 14.6 Å². The van der Waals surface area contributed by atoms with Crippen molar-refractivity contribution < 1.29 is 29.0 Å². The minimum absolute atomic E-state index is 0.104. The second-order valence-corrected chi connectivity index (χ2v) is 4.52. The van der Waals surface area contributed by atoms with Gasteiger partial charge in [0.05, 0.1) is 18.8 Å². The average molecular weight is 297 g/mol. The number of rotatable bonds is 5. The lowest BCUT2D eigenvalue weighted by Crippen LogP contribution is -2.41. The molecule has 0 aromatic rings. The van der Waals surface area contributed by atoms with Gasteiger partial charge in [0.2, 0.25) is 0 Å². The Morgan fingerprint density at radius 1 is 1.10 bits per heavy atom. The molecule has 1 N–H and O–H groups in total. The van der Waals surface area contributed by atoms with Crippen LogP contribution in [0.15, 0.2) is 16.3 Å². The molecule has 0 saturated heterocycles. The zero-order chi connectivity index (χ0) is 16.2. The summed E-state index contributed by atoms with van der Waals surface area (Å²) in [6.45, 7) is 6.53. The molecule has 1 aliphatic heterocycles. The minimum atomic E-state index is -1.35. The Morgan fingerprint density at radius 3 is 2.14 bits per heavy atom. The van der Waals surface area contributed by atoms with Gasteiger partial charge >= 0.3 is 17.9 Å². The van der Waals surface area contributed by atoms with E-state index in [1.54, 1.807) is 20.8 Å². The first-order chi connectivity index (χ1) is 9.84. The molecule has 116 valence electrons. The number of aliphatic imine (C=N–C) groups is 1. The highest BCUT2D eigenvalue weighted by Gasteiger charge is 2.45. The van der Waals surface area contributed by atoms with Crippen LogP contribution in [0.3, 0.4) is 0 Å². The van der Waals surface area contributed by atoms with Crippen molar-refractivity contribution in [3.63, 3.8) is 0 Å². The van der Waals surface area contributed by atoms with Crippen LogP contribution in [0.4, 0.5) is 0 Å². The summed E-state index contributed by atoms with van der Waals surface area (Å²) in [5, 5.41) is 9.44. The zero-order valence-corrected chi connectivity index (χ0v) is 12.5. The van der Waals surface area contributed by atoms with Gasteiger partial charge < -0.3 is 14.6 Å². The number of carboxylic acids is 1. The number of carbonyl (C=O) groups is 3. The molecule has 0 radical (unpaired) electrons. The molecular weight excluding hydrogens is 278 g/mol. The van der Waals surface area contributed by atoms with Gasteiger partial charge in [-0.2, -0.15) is 0 Å². The lowest BCUT2D eigenvalue weighted by atomic mass is 9.80. The molecule has 7 nitrogen and oxygen atoms in total. The van der Waals surface area contributed by atoms with E-state index in [1.807, 2.05) is 0 Å². The van der Waals surface area contributed by atoms with Crippen LogP contribution in [0.25, 0.3) is 0 Å². The number of carbonyl (C=O) groups excluding carboxylic acids is 2. The highest BCUT2D eigenvalue weighted by atomic mass is 16.5. The van der Waals surface area contributed by atoms with Crippen LogP contribution in [0.5, 0.6) is 0 Å². The number of hydrogen-bond donors (Lipinski definition) is 1. The topological polar surface area (TPSA) is 102 Å². The van der Waals surface area contributed by atoms with E-state index in [0.29, 0.717) is 5.71 Å². The summed E-state index contributed by atoms with van der Waals surface area (Å²) in [6.07, 6.45) is 0. The maximum atomic E-state index is 12.0. The van der Waals surface area contributed by atoms with E-state index in [1.165, 1.54) is 6.92 Å². The molecule has 21 heavy (non-hydrogen) atoms. The Morgan fingerprint density at radius 2 is 1.67 bits per heavy atom. The van der Waals surface area contributed by atoms with Crippen molar-refractivity contribution in [2.45, 2.75) is 27.7 Å². The Kier molecular flexibility index (Phi) is 5.63. The predicted octanol–water partition coefficient (Wildman–Crippen LogP) is 1.18. The van der Waals surface area contributed by atoms with Crippen LogP contribution in [-0.2, 0) is 23.9 Å². The van der Waals surface area contributed by atoms with Crippen LogP contribution >= 0.6 is 0 Å². The molecule has 0 aliphatic carbocycles. The van der Waals surface area contributed by atoms with Gasteiger partial charge in [0, 0.05) is 11.4 Å². The third kappa shape index (κ3) is 3.48. The summed E-state index contributed by atoms with van der Waals surface area (Å²) in [4.78, 5) is 39.7. The Balaban J connectivity index is 3.32. The summed E-state index contributed by atoms with van der Waals surface area (Å²) in [5.41, 5.74) is 0.457. The Hall–Kier alpha value is -2.18. The molecule has 0 spiro atoms. The molecule has 0 amide bonds. The highest BCUT2D eigenvalue weighted by Crippen LogP contribution is 2.32. The van der Waals surface area contributed by atoms with Gasteiger partial charge in [-0.25, -0.2) is 4.79 Å². The second kappa shape index (κ2) is 7.01. The lowest BCUT2D eigenvalue weighted by Gasteiger charge is -2.28. The molecule has 0 aromatic heterocycles. The van der Waals surface area contributed by atoms with E-state index in [4.69, 9.17) is 9.47 Å². The predicted molar refractivity (Wildman–Crippen MR) is 73.7 cm³/mol. The van der Waals surface area contributed by atoms with Crippen molar-refractivity contribution in [1.82, 2.24) is 0 Å². The quantitative estimate of drug-likeness (QED) is 0.764. The van der Waals surface area contributed by atoms with Crippen molar-refractivity contribution in [2.75, 3.05) is 13.2 Å². The average Bonchev–Trinajstić information content (AvgIpc) is 2.37. The molecule has 2 atom stereocenters. The van der Waals surface area contributed by atoms with Crippen molar-refractivity contribution in [3.05, 3.63) is 11.3 Å². The standard InChI is InChI=1S/C14H19NO6/c1-5-20-13(18)9-7(3)15-8(4)10(11(9)12(16)17)14(19)21-6-2/h9,11H,5-6H2,1-4H3,(H,16,17). The number of hydrogen-bond acceptors (Lipinski definition) is 6. The largest absolute Gasteiger partial charge is 0.481 e. The molecule has 0 bridgehead atoms. The second-order valence-electron chi connectivity index (χ2n) is 4.52. The van der Waals surface area contributed by atoms with Gasteiger partial charge in [-0.1, -0.05) is 0 Å². The molecule has 7 heteroatoms. The maximum absolute atomic E-state index is 12.0. The Labute approximate surface area is 122 Å². The fraction of sp³-hybridized carbons (Fsp3) is 0.571. The van der Waals surface area contributed by atoms with Crippen LogP contribution in [0.1, 0.15) is 27.7 Å². The lowest BCUT2D eigenvalue weighted by molar-refractivity contribution is -0.154. The van der Waals surface area contributed by atoms with Crippen molar-refractivity contribution >= 4 is 23.6 Å². The van der Waals surface area contributed by atoms with E-state index in [0.717, 1.165) is 0 Å². The Bertz CT molecular complexity index is 520. The van der Waals surface area contributed by atoms with Crippen molar-refractivity contribution in [2.24, 2.45) is 16.8 Å². The van der Waals surface area contributed by atoms with Crippen LogP contribution < -0.4 is 0 Å². The summed E-state index contributed by atoms with van der Waals surface area (Å²) >= 11 is 0. The van der Waals surface area contributed by atoms with Gasteiger partial charge in [0.15, 0.2) is 0 Å². The molecular formula is C14H19NO6. The fourth-order valence-corrected chi connectivity index (χ4v) is 2.32. The number of carboxylic acid groups (broad SMARTS) is 1. The molecule has 0 saturated carbocycles. The van der Waals surface area contributed by atoms with E-state index in [-0.39, 0.29) is 24.5 Å². The maximum Gasteiger partial charge on any atom is 0.336 e. The molecule has 2 unspecified atom stereocenters. The van der Waals surface area contributed by atoms with E-state index in [9.17, 15) is 19.5 Å². The van der Waals surface area contributed by atoms with Gasteiger partial charge in [-0.05, 0) is 27.7 Å². The SMILES string of the molecule is CCOC(=O)C1=C(C)N=C(C)C(C(=O)OCC)C1C(=O)O. The van der Waals surface area contributed by atoms with Gasteiger partial charge in [-0.15, -0.1) is 0 Å². The smallest absolute Gasteiger partial charge is 0.336 e. The number of aliphatic carboxylic acids is 1. The molecule has 1 rings (SSSR count). The summed E-state index contributed by atoms with van der Waals surface area (Å²) in [7, 11) is 0. The third-order valence-corrected chi connectivity index (χ3v) is 3.13. The fourth-order valence-electron chi connectivity index (χ4n) is 2.32. The molecule has 1 heterocycles. The van der Waals surface area contributed by atoms with Crippen LogP contribution in [-0.4, -0.2) is 41.9 Å². The van der Waals surface area contributed by atoms with Crippen molar-refractivity contribution in [1.29, 1.82) is 0 Å². The minimum Gasteiger partial charge on any atom is -0.481 e. The number of allylic oxidation sites excluding steroid dienone is 1. The van der Waals surface area contributed by atoms with Crippen molar-refractivity contribution in [3.8, 4) is 0 Å². The normalized spacial score (nSPS) is 21.6. The van der Waals surface area contributed by atoms with Crippen LogP contribution in [0.2, 0.25) is 0 Å². The zero-order valence-electron chi connectivity index (χ0n) is 12.5. The van der Waals surface area contributed by atoms with Gasteiger partial charge in [0.25, 0.3) is 0 Å². The molecule has 1 aliphatic rings. The summed E-state index contributed by atoms with van der Waals surface area (Å²) in [6, 6.07) is 0.